The summed E-state index contributed by atoms with van der Waals surface area (Å²) in [4.78, 5) is 12.9. The van der Waals surface area contributed by atoms with E-state index in [1.165, 1.54) is 23.1 Å². The molecular formula is C13H16FNO4S. The van der Waals surface area contributed by atoms with Crippen molar-refractivity contribution in [1.29, 1.82) is 0 Å². The Morgan fingerprint density at radius 2 is 2.00 bits per heavy atom. The predicted molar refractivity (Wildman–Crippen MR) is 72.0 cm³/mol. The van der Waals surface area contributed by atoms with Gasteiger partial charge in [0.1, 0.15) is 10.5 Å². The number of carbonyl (C=O) groups excluding carboxylic acids is 1. The van der Waals surface area contributed by atoms with E-state index in [1.807, 2.05) is 0 Å². The maximum atomic E-state index is 13.0. The van der Waals surface area contributed by atoms with Crippen molar-refractivity contribution in [2.75, 3.05) is 11.4 Å². The SMILES string of the molecule is CC(C)(C)OC(=O)N1CCc2ccc(S(=O)(=O)F)cc21. The molecule has 7 heteroatoms. The lowest BCUT2D eigenvalue weighted by Crippen LogP contribution is -2.35. The molecule has 110 valence electrons. The van der Waals surface area contributed by atoms with Crippen LogP contribution in [0.1, 0.15) is 26.3 Å². The smallest absolute Gasteiger partial charge is 0.414 e. The van der Waals surface area contributed by atoms with Gasteiger partial charge in [-0.2, -0.15) is 8.42 Å². The van der Waals surface area contributed by atoms with E-state index in [2.05, 4.69) is 0 Å². The largest absolute Gasteiger partial charge is 0.443 e. The molecule has 1 aromatic carbocycles. The van der Waals surface area contributed by atoms with E-state index in [9.17, 15) is 17.1 Å². The van der Waals surface area contributed by atoms with Gasteiger partial charge in [-0.05, 0) is 44.9 Å². The van der Waals surface area contributed by atoms with Gasteiger partial charge in [-0.15, -0.1) is 3.89 Å². The Bertz CT molecular complexity index is 649. The van der Waals surface area contributed by atoms with Gasteiger partial charge >= 0.3 is 16.3 Å². The highest BCUT2D eigenvalue weighted by Gasteiger charge is 2.30. The number of amides is 1. The van der Waals surface area contributed by atoms with E-state index in [0.717, 1.165) is 5.56 Å². The van der Waals surface area contributed by atoms with Crippen LogP contribution in [-0.2, 0) is 21.4 Å². The van der Waals surface area contributed by atoms with Crippen molar-refractivity contribution in [2.24, 2.45) is 0 Å². The van der Waals surface area contributed by atoms with Crippen LogP contribution in [0, 0.1) is 0 Å². The fraction of sp³-hybridized carbons (Fsp3) is 0.462. The van der Waals surface area contributed by atoms with Gasteiger partial charge in [-0.3, -0.25) is 4.90 Å². The molecule has 1 amide bonds. The molecule has 1 heterocycles. The summed E-state index contributed by atoms with van der Waals surface area (Å²) in [5.74, 6) is 0. The van der Waals surface area contributed by atoms with Gasteiger partial charge in [0, 0.05) is 6.54 Å². The minimum Gasteiger partial charge on any atom is -0.443 e. The number of rotatable bonds is 1. The quantitative estimate of drug-likeness (QED) is 0.748. The second kappa shape index (κ2) is 4.73. The van der Waals surface area contributed by atoms with Crippen LogP contribution in [0.5, 0.6) is 0 Å². The fourth-order valence-corrected chi connectivity index (χ4v) is 2.50. The van der Waals surface area contributed by atoms with E-state index in [-0.39, 0.29) is 0 Å². The van der Waals surface area contributed by atoms with Crippen LogP contribution in [0.3, 0.4) is 0 Å². The van der Waals surface area contributed by atoms with Crippen molar-refractivity contribution >= 4 is 22.0 Å². The Labute approximate surface area is 117 Å². The molecule has 0 atom stereocenters. The van der Waals surface area contributed by atoms with Crippen molar-refractivity contribution in [3.63, 3.8) is 0 Å². The summed E-state index contributed by atoms with van der Waals surface area (Å²) in [6.07, 6.45) is 0.0194. The molecule has 0 saturated carbocycles. The van der Waals surface area contributed by atoms with Crippen molar-refractivity contribution in [1.82, 2.24) is 0 Å². The third-order valence-electron chi connectivity index (χ3n) is 2.85. The molecule has 20 heavy (non-hydrogen) atoms. The second-order valence-electron chi connectivity index (χ2n) is 5.61. The maximum Gasteiger partial charge on any atom is 0.414 e. The van der Waals surface area contributed by atoms with Gasteiger partial charge in [0.2, 0.25) is 0 Å². The number of halogens is 1. The van der Waals surface area contributed by atoms with Gasteiger partial charge in [0.15, 0.2) is 0 Å². The first-order valence-electron chi connectivity index (χ1n) is 6.16. The normalized spacial score (nSPS) is 15.1. The third kappa shape index (κ3) is 3.09. The van der Waals surface area contributed by atoms with Crippen LogP contribution in [0.2, 0.25) is 0 Å². The van der Waals surface area contributed by atoms with Crippen molar-refractivity contribution < 1.29 is 21.8 Å². The summed E-state index contributed by atoms with van der Waals surface area (Å²) in [7, 11) is -4.79. The van der Waals surface area contributed by atoms with Gasteiger partial charge in [-0.1, -0.05) is 6.07 Å². The number of fused-ring (bicyclic) bond motifs is 1. The zero-order chi connectivity index (χ0) is 15.1. The topological polar surface area (TPSA) is 63.7 Å². The van der Waals surface area contributed by atoms with Crippen molar-refractivity contribution in [3.8, 4) is 0 Å². The molecule has 5 nitrogen and oxygen atoms in total. The number of hydrogen-bond donors (Lipinski definition) is 0. The molecule has 0 aromatic heterocycles. The maximum absolute atomic E-state index is 13.0. The lowest BCUT2D eigenvalue weighted by Gasteiger charge is -2.24. The fourth-order valence-electron chi connectivity index (χ4n) is 2.02. The van der Waals surface area contributed by atoms with Gasteiger partial charge < -0.3 is 4.74 Å². The standard InChI is InChI=1S/C13H16FNO4S/c1-13(2,3)19-12(16)15-7-6-9-4-5-10(8-11(9)15)20(14,17)18/h4-5,8H,6-7H2,1-3H3. The average Bonchev–Trinajstić information content (AvgIpc) is 2.67. The second-order valence-corrected chi connectivity index (χ2v) is 6.96. The molecule has 0 unspecified atom stereocenters. The Hall–Kier alpha value is -1.63. The molecule has 2 rings (SSSR count). The monoisotopic (exact) mass is 301 g/mol. The molecule has 1 aliphatic heterocycles. The molecule has 0 fully saturated rings. The molecule has 0 radical (unpaired) electrons. The molecule has 0 spiro atoms. The molecule has 0 aliphatic carbocycles. The van der Waals surface area contributed by atoms with Crippen LogP contribution in [0.25, 0.3) is 0 Å². The first-order chi connectivity index (χ1) is 9.08. The van der Waals surface area contributed by atoms with Crippen molar-refractivity contribution in [3.05, 3.63) is 23.8 Å². The van der Waals surface area contributed by atoms with Crippen LogP contribution in [-0.4, -0.2) is 26.7 Å². The number of anilines is 1. The zero-order valence-corrected chi connectivity index (χ0v) is 12.3. The molecule has 1 aromatic rings. The van der Waals surface area contributed by atoms with E-state index in [1.54, 1.807) is 20.8 Å². The molecular weight excluding hydrogens is 285 g/mol. The number of carbonyl (C=O) groups is 1. The zero-order valence-electron chi connectivity index (χ0n) is 11.5. The molecule has 0 bridgehead atoms. The summed E-state index contributed by atoms with van der Waals surface area (Å²) in [5.41, 5.74) is 0.533. The number of ether oxygens (including phenoxy) is 1. The average molecular weight is 301 g/mol. The summed E-state index contributed by atoms with van der Waals surface area (Å²) >= 11 is 0. The Kier molecular flexibility index (Phi) is 3.49. The Morgan fingerprint density at radius 3 is 2.55 bits per heavy atom. The highest BCUT2D eigenvalue weighted by molar-refractivity contribution is 7.86. The predicted octanol–water partition coefficient (Wildman–Crippen LogP) is 2.64. The molecule has 1 aliphatic rings. The number of benzene rings is 1. The van der Waals surface area contributed by atoms with Crippen LogP contribution in [0.15, 0.2) is 23.1 Å². The Morgan fingerprint density at radius 1 is 1.35 bits per heavy atom. The Balaban J connectivity index is 2.34. The van der Waals surface area contributed by atoms with E-state index >= 15 is 0 Å². The van der Waals surface area contributed by atoms with Gasteiger partial charge in [0.05, 0.1) is 5.69 Å². The first-order valence-corrected chi connectivity index (χ1v) is 7.54. The lowest BCUT2D eigenvalue weighted by atomic mass is 10.2. The van der Waals surface area contributed by atoms with Crippen molar-refractivity contribution in [2.45, 2.75) is 37.7 Å². The molecule has 0 N–H and O–H groups in total. The minimum absolute atomic E-state index is 0.387. The van der Waals surface area contributed by atoms with E-state index in [0.29, 0.717) is 18.7 Å². The van der Waals surface area contributed by atoms with E-state index < -0.39 is 26.8 Å². The van der Waals surface area contributed by atoms with Crippen LogP contribution < -0.4 is 4.90 Å². The third-order valence-corrected chi connectivity index (χ3v) is 3.66. The number of hydrogen-bond acceptors (Lipinski definition) is 4. The lowest BCUT2D eigenvalue weighted by molar-refractivity contribution is 0.0584. The summed E-state index contributed by atoms with van der Waals surface area (Å²) < 4.78 is 40.1. The summed E-state index contributed by atoms with van der Waals surface area (Å²) in [5, 5.41) is 0. The highest BCUT2D eigenvalue weighted by Crippen LogP contribution is 2.32. The number of nitrogens with zero attached hydrogens (tertiary/aromatic N) is 1. The molecule has 0 saturated heterocycles. The van der Waals surface area contributed by atoms with Gasteiger partial charge in [-0.25, -0.2) is 4.79 Å². The minimum atomic E-state index is -4.79. The summed E-state index contributed by atoms with van der Waals surface area (Å²) in [6.45, 7) is 5.61. The summed E-state index contributed by atoms with van der Waals surface area (Å²) in [6, 6.07) is 3.89. The van der Waals surface area contributed by atoms with Gasteiger partial charge in [0.25, 0.3) is 0 Å². The van der Waals surface area contributed by atoms with Crippen LogP contribution >= 0.6 is 0 Å². The first kappa shape index (κ1) is 14.8. The highest BCUT2D eigenvalue weighted by atomic mass is 32.3. The van der Waals surface area contributed by atoms with Crippen LogP contribution in [0.4, 0.5) is 14.4 Å². The van der Waals surface area contributed by atoms with E-state index in [4.69, 9.17) is 4.74 Å².